The second-order valence-electron chi connectivity index (χ2n) is 6.96. The molecule has 132 valence electrons. The Hall–Kier alpha value is -2.99. The molecule has 3 N–H and O–H groups in total. The average molecular weight is 347 g/mol. The van der Waals surface area contributed by atoms with Crippen LogP contribution in [0.25, 0.3) is 33.1 Å². The Morgan fingerprint density at radius 1 is 1.15 bits per heavy atom. The normalized spacial score (nSPS) is 11.7. The zero-order valence-electron chi connectivity index (χ0n) is 14.8. The van der Waals surface area contributed by atoms with Crippen molar-refractivity contribution in [2.45, 2.75) is 27.0 Å². The molecule has 0 aliphatic heterocycles. The Labute approximate surface area is 151 Å². The molecule has 0 amide bonds. The van der Waals surface area contributed by atoms with Crippen molar-refractivity contribution >= 4 is 27.8 Å². The van der Waals surface area contributed by atoms with Gasteiger partial charge in [0.15, 0.2) is 5.82 Å². The lowest BCUT2D eigenvalue weighted by molar-refractivity contribution is 0.281. The first-order chi connectivity index (χ1) is 12.6. The number of nitrogens with two attached hydrogens (primary N) is 1. The smallest absolute Gasteiger partial charge is 0.152 e. The summed E-state index contributed by atoms with van der Waals surface area (Å²) in [5, 5.41) is 10.4. The van der Waals surface area contributed by atoms with Gasteiger partial charge in [-0.3, -0.25) is 4.98 Å². The van der Waals surface area contributed by atoms with Gasteiger partial charge in [-0.05, 0) is 29.2 Å². The lowest BCUT2D eigenvalue weighted by Gasteiger charge is -2.11. The molecule has 0 fully saturated rings. The molecule has 0 radical (unpaired) electrons. The van der Waals surface area contributed by atoms with Crippen molar-refractivity contribution < 1.29 is 5.11 Å². The number of fused-ring (bicyclic) bond motifs is 3. The Morgan fingerprint density at radius 3 is 2.77 bits per heavy atom. The molecular weight excluding hydrogens is 326 g/mol. The summed E-state index contributed by atoms with van der Waals surface area (Å²) in [7, 11) is 0. The molecule has 3 heterocycles. The van der Waals surface area contributed by atoms with Gasteiger partial charge >= 0.3 is 0 Å². The van der Waals surface area contributed by atoms with Crippen LogP contribution in [0.2, 0.25) is 0 Å². The first kappa shape index (κ1) is 16.5. The van der Waals surface area contributed by atoms with Crippen LogP contribution in [0, 0.1) is 5.92 Å². The maximum Gasteiger partial charge on any atom is 0.152 e. The molecular formula is C20H21N5O. The van der Waals surface area contributed by atoms with E-state index in [0.29, 0.717) is 11.7 Å². The standard InChI is InChI=1S/C20H21N5O/c1-12(2)9-25-11-23-18-19(25)16-4-3-14(6-17(16)24-20(18)21)15-5-13(10-26)7-22-8-15/h3-8,11-12,26H,9-10H2,1-2H3,(H2,21,24). The summed E-state index contributed by atoms with van der Waals surface area (Å²) < 4.78 is 2.15. The van der Waals surface area contributed by atoms with Gasteiger partial charge in [-0.25, -0.2) is 9.97 Å². The Morgan fingerprint density at radius 2 is 2.00 bits per heavy atom. The molecule has 0 unspecified atom stereocenters. The number of aromatic nitrogens is 4. The molecule has 0 aliphatic rings. The van der Waals surface area contributed by atoms with E-state index in [1.807, 2.05) is 24.5 Å². The van der Waals surface area contributed by atoms with E-state index in [0.717, 1.165) is 45.2 Å². The fourth-order valence-corrected chi connectivity index (χ4v) is 3.30. The van der Waals surface area contributed by atoms with Gasteiger partial charge in [-0.2, -0.15) is 0 Å². The SMILES string of the molecule is CC(C)Cn1cnc2c(N)nc3cc(-c4cncc(CO)c4)ccc3c21. The number of aliphatic hydroxyl groups is 1. The zero-order chi connectivity index (χ0) is 18.3. The number of hydrogen-bond acceptors (Lipinski definition) is 5. The van der Waals surface area contributed by atoms with Gasteiger partial charge < -0.3 is 15.4 Å². The lowest BCUT2D eigenvalue weighted by Crippen LogP contribution is -2.03. The number of nitrogen functional groups attached to an aromatic ring is 1. The highest BCUT2D eigenvalue weighted by atomic mass is 16.3. The molecule has 6 nitrogen and oxygen atoms in total. The summed E-state index contributed by atoms with van der Waals surface area (Å²) in [6.45, 7) is 5.20. The maximum atomic E-state index is 9.34. The topological polar surface area (TPSA) is 89.9 Å². The molecule has 0 atom stereocenters. The van der Waals surface area contributed by atoms with Crippen LogP contribution in [-0.2, 0) is 13.2 Å². The number of pyridine rings is 2. The van der Waals surface area contributed by atoms with Crippen molar-refractivity contribution in [1.29, 1.82) is 0 Å². The van der Waals surface area contributed by atoms with Gasteiger partial charge in [0.1, 0.15) is 5.52 Å². The Kier molecular flexibility index (Phi) is 4.05. The van der Waals surface area contributed by atoms with Gasteiger partial charge in [0.2, 0.25) is 0 Å². The van der Waals surface area contributed by atoms with E-state index in [9.17, 15) is 5.11 Å². The van der Waals surface area contributed by atoms with Crippen LogP contribution >= 0.6 is 0 Å². The quantitative estimate of drug-likeness (QED) is 0.591. The summed E-state index contributed by atoms with van der Waals surface area (Å²) in [5.74, 6) is 0.942. The number of nitrogens with zero attached hydrogens (tertiary/aromatic N) is 4. The van der Waals surface area contributed by atoms with Crippen molar-refractivity contribution in [1.82, 2.24) is 19.5 Å². The summed E-state index contributed by atoms with van der Waals surface area (Å²) >= 11 is 0. The predicted octanol–water partition coefficient (Wildman–Crippen LogP) is 3.38. The lowest BCUT2D eigenvalue weighted by atomic mass is 10.0. The van der Waals surface area contributed by atoms with Crippen LogP contribution in [0.4, 0.5) is 5.82 Å². The third-order valence-electron chi connectivity index (χ3n) is 4.45. The highest BCUT2D eigenvalue weighted by molar-refractivity contribution is 6.07. The predicted molar refractivity (Wildman–Crippen MR) is 103 cm³/mol. The van der Waals surface area contributed by atoms with Gasteiger partial charge in [0.05, 0.1) is 24.0 Å². The third kappa shape index (κ3) is 2.78. The molecule has 3 aromatic heterocycles. The maximum absolute atomic E-state index is 9.34. The molecule has 0 saturated heterocycles. The minimum atomic E-state index is -0.0331. The number of anilines is 1. The van der Waals surface area contributed by atoms with E-state index >= 15 is 0 Å². The Balaban J connectivity index is 1.92. The number of imidazole rings is 1. The fraction of sp³-hybridized carbons (Fsp3) is 0.250. The van der Waals surface area contributed by atoms with E-state index in [1.165, 1.54) is 0 Å². The summed E-state index contributed by atoms with van der Waals surface area (Å²) in [6, 6.07) is 8.04. The highest BCUT2D eigenvalue weighted by Crippen LogP contribution is 2.31. The summed E-state index contributed by atoms with van der Waals surface area (Å²) in [6.07, 6.45) is 5.28. The Bertz CT molecular complexity index is 1100. The number of hydrogen-bond donors (Lipinski definition) is 2. The monoisotopic (exact) mass is 347 g/mol. The van der Waals surface area contributed by atoms with Crippen LogP contribution in [-0.4, -0.2) is 24.6 Å². The van der Waals surface area contributed by atoms with Gasteiger partial charge in [0.25, 0.3) is 0 Å². The van der Waals surface area contributed by atoms with Crippen molar-refractivity contribution in [3.8, 4) is 11.1 Å². The van der Waals surface area contributed by atoms with Crippen molar-refractivity contribution in [3.05, 3.63) is 48.5 Å². The molecule has 1 aromatic carbocycles. The average Bonchev–Trinajstić information content (AvgIpc) is 3.05. The van der Waals surface area contributed by atoms with Crippen LogP contribution in [0.3, 0.4) is 0 Å². The molecule has 0 bridgehead atoms. The van der Waals surface area contributed by atoms with E-state index in [4.69, 9.17) is 5.73 Å². The van der Waals surface area contributed by atoms with Gasteiger partial charge in [-0.15, -0.1) is 0 Å². The summed E-state index contributed by atoms with van der Waals surface area (Å²) in [4.78, 5) is 13.2. The van der Waals surface area contributed by atoms with Crippen molar-refractivity contribution in [2.24, 2.45) is 5.92 Å². The minimum Gasteiger partial charge on any atom is -0.392 e. The molecule has 6 heteroatoms. The first-order valence-corrected chi connectivity index (χ1v) is 8.66. The molecule has 26 heavy (non-hydrogen) atoms. The zero-order valence-corrected chi connectivity index (χ0v) is 14.8. The van der Waals surface area contributed by atoms with Gasteiger partial charge in [-0.1, -0.05) is 26.0 Å². The summed E-state index contributed by atoms with van der Waals surface area (Å²) in [5.41, 5.74) is 11.5. The van der Waals surface area contributed by atoms with E-state index in [1.54, 1.807) is 12.4 Å². The van der Waals surface area contributed by atoms with Crippen LogP contribution in [0.5, 0.6) is 0 Å². The molecule has 4 rings (SSSR count). The van der Waals surface area contributed by atoms with Crippen molar-refractivity contribution in [2.75, 3.05) is 5.73 Å². The van der Waals surface area contributed by atoms with Crippen LogP contribution in [0.1, 0.15) is 19.4 Å². The number of aliphatic hydroxyl groups excluding tert-OH is 1. The second kappa shape index (κ2) is 6.38. The molecule has 4 aromatic rings. The van der Waals surface area contributed by atoms with E-state index < -0.39 is 0 Å². The number of benzene rings is 1. The second-order valence-corrected chi connectivity index (χ2v) is 6.96. The van der Waals surface area contributed by atoms with Crippen molar-refractivity contribution in [3.63, 3.8) is 0 Å². The fourth-order valence-electron chi connectivity index (χ4n) is 3.30. The third-order valence-corrected chi connectivity index (χ3v) is 4.45. The molecule has 0 aliphatic carbocycles. The van der Waals surface area contributed by atoms with Crippen LogP contribution in [0.15, 0.2) is 43.0 Å². The van der Waals surface area contributed by atoms with E-state index in [-0.39, 0.29) is 6.61 Å². The largest absolute Gasteiger partial charge is 0.392 e. The van der Waals surface area contributed by atoms with Gasteiger partial charge in [0, 0.05) is 29.9 Å². The van der Waals surface area contributed by atoms with Crippen LogP contribution < -0.4 is 5.73 Å². The molecule has 0 spiro atoms. The number of rotatable bonds is 4. The highest BCUT2D eigenvalue weighted by Gasteiger charge is 2.14. The van der Waals surface area contributed by atoms with E-state index in [2.05, 4.69) is 39.4 Å². The molecule has 0 saturated carbocycles. The minimum absolute atomic E-state index is 0.0331. The first-order valence-electron chi connectivity index (χ1n) is 8.66.